The van der Waals surface area contributed by atoms with Gasteiger partial charge in [0, 0.05) is 24.0 Å². The summed E-state index contributed by atoms with van der Waals surface area (Å²) in [6.07, 6.45) is 0.650. The van der Waals surface area contributed by atoms with Gasteiger partial charge in [-0.25, -0.2) is 0 Å². The maximum Gasteiger partial charge on any atom is 0.159 e. The predicted molar refractivity (Wildman–Crippen MR) is 105 cm³/mol. The van der Waals surface area contributed by atoms with Gasteiger partial charge in [-0.3, -0.25) is 9.59 Å². The van der Waals surface area contributed by atoms with Gasteiger partial charge in [-0.1, -0.05) is 39.0 Å². The second-order valence-electron chi connectivity index (χ2n) is 7.88. The van der Waals surface area contributed by atoms with Gasteiger partial charge in [-0.05, 0) is 49.8 Å². The molecule has 0 atom stereocenters. The molecule has 0 spiro atoms. The molecule has 2 N–H and O–H groups in total. The molecule has 0 aliphatic rings. The van der Waals surface area contributed by atoms with Crippen LogP contribution in [0.25, 0.3) is 0 Å². The van der Waals surface area contributed by atoms with E-state index in [4.69, 9.17) is 0 Å². The predicted octanol–water partition coefficient (Wildman–Crippen LogP) is 4.91. The van der Waals surface area contributed by atoms with Crippen LogP contribution in [-0.4, -0.2) is 21.8 Å². The third kappa shape index (κ3) is 5.87. The highest BCUT2D eigenvalue weighted by Gasteiger charge is 2.18. The lowest BCUT2D eigenvalue weighted by Gasteiger charge is -2.22. The van der Waals surface area contributed by atoms with Crippen molar-refractivity contribution in [2.45, 2.75) is 66.7 Å². The van der Waals surface area contributed by atoms with Crippen LogP contribution in [-0.2, 0) is 27.8 Å². The third-order valence-electron chi connectivity index (χ3n) is 4.40. The standard InChI is InChI=1S/C22H30O4/c1-13(23)20(14(2)24)11-17-8-18(10-19(9-17)22(5,6)7)12-21(15(3)25)16(4)26/h8-10,23,25H,11-12H2,1-7H3. The molecule has 0 heterocycles. The van der Waals surface area contributed by atoms with Gasteiger partial charge in [0.05, 0.1) is 11.5 Å². The maximum absolute atomic E-state index is 11.8. The molecule has 0 saturated carbocycles. The van der Waals surface area contributed by atoms with E-state index in [1.807, 2.05) is 18.2 Å². The largest absolute Gasteiger partial charge is 0.512 e. The maximum atomic E-state index is 11.8. The summed E-state index contributed by atoms with van der Waals surface area (Å²) in [5, 5.41) is 19.6. The van der Waals surface area contributed by atoms with Crippen LogP contribution in [0.5, 0.6) is 0 Å². The van der Waals surface area contributed by atoms with Crippen LogP contribution in [0.3, 0.4) is 0 Å². The van der Waals surface area contributed by atoms with Crippen molar-refractivity contribution in [2.75, 3.05) is 0 Å². The summed E-state index contributed by atoms with van der Waals surface area (Å²) in [4.78, 5) is 23.6. The van der Waals surface area contributed by atoms with Gasteiger partial charge in [0.25, 0.3) is 0 Å². The summed E-state index contributed by atoms with van der Waals surface area (Å²) in [5.41, 5.74) is 3.49. The highest BCUT2D eigenvalue weighted by atomic mass is 16.3. The van der Waals surface area contributed by atoms with Crippen molar-refractivity contribution >= 4 is 11.6 Å². The SMILES string of the molecule is CC(=O)C(Cc1cc(CC(C(C)=O)=C(C)O)cc(C(C)(C)C)c1)=C(C)O. The molecule has 4 heteroatoms. The molecule has 1 rings (SSSR count). The Hall–Kier alpha value is -2.36. The Labute approximate surface area is 156 Å². The summed E-state index contributed by atoms with van der Waals surface area (Å²) in [6.45, 7) is 12.2. The summed E-state index contributed by atoms with van der Waals surface area (Å²) >= 11 is 0. The number of aliphatic hydroxyl groups is 2. The Bertz CT molecular complexity index is 710. The Morgan fingerprint density at radius 3 is 1.35 bits per heavy atom. The van der Waals surface area contributed by atoms with E-state index in [1.54, 1.807) is 0 Å². The van der Waals surface area contributed by atoms with Crippen molar-refractivity contribution in [3.8, 4) is 0 Å². The molecule has 4 nitrogen and oxygen atoms in total. The van der Waals surface area contributed by atoms with Gasteiger partial charge in [-0.2, -0.15) is 0 Å². The number of carbonyl (C=O) groups is 2. The van der Waals surface area contributed by atoms with E-state index in [1.165, 1.54) is 27.7 Å². The fourth-order valence-corrected chi connectivity index (χ4v) is 2.82. The number of aliphatic hydroxyl groups excluding tert-OH is 2. The second kappa shape index (κ2) is 8.35. The van der Waals surface area contributed by atoms with Gasteiger partial charge in [0.15, 0.2) is 11.6 Å². The highest BCUT2D eigenvalue weighted by Crippen LogP contribution is 2.27. The van der Waals surface area contributed by atoms with E-state index in [-0.39, 0.29) is 28.5 Å². The minimum atomic E-state index is -0.164. The Kier molecular flexibility index (Phi) is 6.96. The lowest BCUT2D eigenvalue weighted by atomic mass is 9.83. The number of hydrogen-bond donors (Lipinski definition) is 2. The average Bonchev–Trinajstić information content (AvgIpc) is 2.48. The third-order valence-corrected chi connectivity index (χ3v) is 4.40. The number of benzene rings is 1. The number of carbonyl (C=O) groups excluding carboxylic acids is 2. The first kappa shape index (κ1) is 21.7. The Balaban J connectivity index is 3.45. The molecule has 0 saturated heterocycles. The Morgan fingerprint density at radius 2 is 1.12 bits per heavy atom. The lowest BCUT2D eigenvalue weighted by Crippen LogP contribution is -2.14. The van der Waals surface area contributed by atoms with Crippen LogP contribution in [0, 0.1) is 0 Å². The second-order valence-corrected chi connectivity index (χ2v) is 7.88. The smallest absolute Gasteiger partial charge is 0.159 e. The van der Waals surface area contributed by atoms with Crippen molar-refractivity contribution < 1.29 is 19.8 Å². The van der Waals surface area contributed by atoms with Crippen LogP contribution >= 0.6 is 0 Å². The van der Waals surface area contributed by atoms with E-state index in [0.29, 0.717) is 24.0 Å². The minimum Gasteiger partial charge on any atom is -0.512 e. The quantitative estimate of drug-likeness (QED) is 0.559. The number of Topliss-reactive ketones (excluding diaryl/α,β-unsaturated/α-hetero) is 2. The summed E-state index contributed by atoms with van der Waals surface area (Å²) in [5.74, 6) is -0.280. The number of ketones is 2. The van der Waals surface area contributed by atoms with Crippen LogP contribution in [0.4, 0.5) is 0 Å². The fraction of sp³-hybridized carbons (Fsp3) is 0.455. The molecular formula is C22H30O4. The minimum absolute atomic E-state index is 0.0238. The molecule has 0 aliphatic heterocycles. The van der Waals surface area contributed by atoms with Crippen molar-refractivity contribution in [3.63, 3.8) is 0 Å². The van der Waals surface area contributed by atoms with Crippen LogP contribution in [0.1, 0.15) is 65.2 Å². The Morgan fingerprint density at radius 1 is 0.769 bits per heavy atom. The van der Waals surface area contributed by atoms with Gasteiger partial charge >= 0.3 is 0 Å². The van der Waals surface area contributed by atoms with E-state index in [2.05, 4.69) is 20.8 Å². The number of hydrogen-bond acceptors (Lipinski definition) is 4. The van der Waals surface area contributed by atoms with Gasteiger partial charge in [-0.15, -0.1) is 0 Å². The highest BCUT2D eigenvalue weighted by molar-refractivity contribution is 5.94. The molecular weight excluding hydrogens is 328 g/mol. The number of allylic oxidation sites excluding steroid dienone is 4. The summed E-state index contributed by atoms with van der Waals surface area (Å²) in [6, 6.07) is 5.98. The van der Waals surface area contributed by atoms with E-state index in [9.17, 15) is 19.8 Å². The fourth-order valence-electron chi connectivity index (χ4n) is 2.82. The van der Waals surface area contributed by atoms with Crippen molar-refractivity contribution in [3.05, 3.63) is 57.6 Å². The van der Waals surface area contributed by atoms with Crippen LogP contribution in [0.15, 0.2) is 40.9 Å². The molecule has 0 aliphatic carbocycles. The zero-order valence-electron chi connectivity index (χ0n) is 16.9. The first-order chi connectivity index (χ1) is 11.8. The topological polar surface area (TPSA) is 74.6 Å². The molecule has 0 radical (unpaired) electrons. The van der Waals surface area contributed by atoms with Crippen molar-refractivity contribution in [1.82, 2.24) is 0 Å². The zero-order valence-corrected chi connectivity index (χ0v) is 16.9. The van der Waals surface area contributed by atoms with E-state index in [0.717, 1.165) is 16.7 Å². The molecule has 26 heavy (non-hydrogen) atoms. The van der Waals surface area contributed by atoms with Crippen LogP contribution in [0.2, 0.25) is 0 Å². The van der Waals surface area contributed by atoms with Crippen molar-refractivity contribution in [2.24, 2.45) is 0 Å². The van der Waals surface area contributed by atoms with Crippen molar-refractivity contribution in [1.29, 1.82) is 0 Å². The molecule has 0 fully saturated rings. The average molecular weight is 358 g/mol. The summed E-state index contributed by atoms with van der Waals surface area (Å²) in [7, 11) is 0. The molecule has 142 valence electrons. The van der Waals surface area contributed by atoms with E-state index >= 15 is 0 Å². The normalized spacial score (nSPS) is 13.8. The van der Waals surface area contributed by atoms with Gasteiger partial charge < -0.3 is 10.2 Å². The molecule has 0 unspecified atom stereocenters. The van der Waals surface area contributed by atoms with Crippen LogP contribution < -0.4 is 0 Å². The zero-order chi connectivity index (χ0) is 20.2. The molecule has 1 aromatic rings. The first-order valence-electron chi connectivity index (χ1n) is 8.75. The molecule has 0 aromatic heterocycles. The molecule has 0 amide bonds. The molecule has 1 aromatic carbocycles. The van der Waals surface area contributed by atoms with Gasteiger partial charge in [0.2, 0.25) is 0 Å². The summed E-state index contributed by atoms with van der Waals surface area (Å²) < 4.78 is 0. The number of rotatable bonds is 6. The van der Waals surface area contributed by atoms with E-state index < -0.39 is 0 Å². The lowest BCUT2D eigenvalue weighted by molar-refractivity contribution is -0.114. The first-order valence-corrected chi connectivity index (χ1v) is 8.75. The monoisotopic (exact) mass is 358 g/mol. The molecule has 0 bridgehead atoms. The van der Waals surface area contributed by atoms with Gasteiger partial charge in [0.1, 0.15) is 0 Å².